The highest BCUT2D eigenvalue weighted by molar-refractivity contribution is 5.41. The van der Waals surface area contributed by atoms with Crippen LogP contribution in [0.1, 0.15) is 18.0 Å². The lowest BCUT2D eigenvalue weighted by molar-refractivity contribution is 0.128. The Morgan fingerprint density at radius 3 is 2.67 bits per heavy atom. The number of phenolic OH excluding ortho intramolecular Hbond substituents is 1. The van der Waals surface area contributed by atoms with E-state index in [0.29, 0.717) is 5.75 Å². The summed E-state index contributed by atoms with van der Waals surface area (Å²) in [6.45, 7) is 0. The third kappa shape index (κ3) is 3.06. The summed E-state index contributed by atoms with van der Waals surface area (Å²) in [5.74, 6) is 0.386. The average Bonchev–Trinajstić information content (AvgIpc) is 2.17. The lowest BCUT2D eigenvalue weighted by atomic mass is 10.0. The second kappa shape index (κ2) is 4.93. The lowest BCUT2D eigenvalue weighted by Crippen LogP contribution is -2.14. The van der Waals surface area contributed by atoms with Crippen LogP contribution in [0.2, 0.25) is 0 Å². The van der Waals surface area contributed by atoms with Gasteiger partial charge >= 0.3 is 0 Å². The Bertz CT molecular complexity index is 331. The maximum absolute atomic E-state index is 12.1. The number of rotatable bonds is 4. The van der Waals surface area contributed by atoms with E-state index in [4.69, 9.17) is 10.5 Å². The minimum Gasteiger partial charge on any atom is -0.508 e. The summed E-state index contributed by atoms with van der Waals surface area (Å²) < 4.78 is 29.1. The van der Waals surface area contributed by atoms with E-state index in [9.17, 15) is 13.9 Å². The number of methoxy groups -OCH3 is 1. The molecule has 5 heteroatoms. The van der Waals surface area contributed by atoms with Crippen molar-refractivity contribution in [3.63, 3.8) is 0 Å². The van der Waals surface area contributed by atoms with E-state index in [-0.39, 0.29) is 11.3 Å². The first-order valence-electron chi connectivity index (χ1n) is 4.45. The Labute approximate surface area is 86.5 Å². The van der Waals surface area contributed by atoms with Crippen LogP contribution < -0.4 is 10.5 Å². The summed E-state index contributed by atoms with van der Waals surface area (Å²) in [7, 11) is 1.45. The molecule has 15 heavy (non-hydrogen) atoms. The molecule has 0 bridgehead atoms. The van der Waals surface area contributed by atoms with Crippen LogP contribution in [-0.4, -0.2) is 18.6 Å². The van der Waals surface area contributed by atoms with Gasteiger partial charge in [-0.1, -0.05) is 0 Å². The van der Waals surface area contributed by atoms with Crippen molar-refractivity contribution in [2.75, 3.05) is 7.11 Å². The zero-order valence-corrected chi connectivity index (χ0v) is 8.28. The van der Waals surface area contributed by atoms with Crippen molar-refractivity contribution in [1.82, 2.24) is 0 Å². The molecule has 0 aliphatic rings. The summed E-state index contributed by atoms with van der Waals surface area (Å²) >= 11 is 0. The number of alkyl halides is 2. The second-order valence-corrected chi connectivity index (χ2v) is 3.16. The highest BCUT2D eigenvalue weighted by Gasteiger charge is 2.16. The van der Waals surface area contributed by atoms with Gasteiger partial charge in [-0.2, -0.15) is 0 Å². The van der Waals surface area contributed by atoms with Crippen molar-refractivity contribution in [2.24, 2.45) is 5.73 Å². The van der Waals surface area contributed by atoms with Crippen molar-refractivity contribution >= 4 is 0 Å². The molecule has 1 atom stereocenters. The Morgan fingerprint density at radius 2 is 2.13 bits per heavy atom. The predicted octanol–water partition coefficient (Wildman–Crippen LogP) is 2.06. The highest BCUT2D eigenvalue weighted by Crippen LogP contribution is 2.29. The fraction of sp³-hybridized carbons (Fsp3) is 0.400. The van der Waals surface area contributed by atoms with E-state index in [0.717, 1.165) is 0 Å². The molecule has 0 saturated heterocycles. The molecule has 0 saturated carbocycles. The van der Waals surface area contributed by atoms with Crippen LogP contribution in [0.5, 0.6) is 11.5 Å². The van der Waals surface area contributed by atoms with E-state index in [1.165, 1.54) is 25.3 Å². The molecular weight excluding hydrogens is 204 g/mol. The molecule has 0 heterocycles. The van der Waals surface area contributed by atoms with Crippen LogP contribution in [0.4, 0.5) is 8.78 Å². The quantitative estimate of drug-likeness (QED) is 0.811. The number of benzene rings is 1. The summed E-state index contributed by atoms with van der Waals surface area (Å²) in [6.07, 6.45) is -2.98. The number of hydrogen-bond acceptors (Lipinski definition) is 3. The molecular formula is C10H13F2NO2. The van der Waals surface area contributed by atoms with E-state index in [1.54, 1.807) is 0 Å². The van der Waals surface area contributed by atoms with Gasteiger partial charge in [0.05, 0.1) is 7.11 Å². The third-order valence-corrected chi connectivity index (χ3v) is 2.07. The van der Waals surface area contributed by atoms with Gasteiger partial charge in [0.1, 0.15) is 11.5 Å². The van der Waals surface area contributed by atoms with Crippen molar-refractivity contribution in [2.45, 2.75) is 18.9 Å². The summed E-state index contributed by atoms with van der Waals surface area (Å²) in [5, 5.41) is 9.43. The molecule has 0 radical (unpaired) electrons. The maximum atomic E-state index is 12.1. The summed E-state index contributed by atoms with van der Waals surface area (Å²) in [6, 6.07) is 3.48. The molecule has 3 nitrogen and oxygen atoms in total. The first-order chi connectivity index (χ1) is 7.04. The van der Waals surface area contributed by atoms with Gasteiger partial charge in [0.15, 0.2) is 0 Å². The summed E-state index contributed by atoms with van der Waals surface area (Å²) in [5.41, 5.74) is 5.80. The molecule has 0 unspecified atom stereocenters. The van der Waals surface area contributed by atoms with Gasteiger partial charge in [-0.15, -0.1) is 0 Å². The smallest absolute Gasteiger partial charge is 0.240 e. The molecule has 0 amide bonds. The van der Waals surface area contributed by atoms with Gasteiger partial charge in [-0.25, -0.2) is 8.78 Å². The second-order valence-electron chi connectivity index (χ2n) is 3.16. The summed E-state index contributed by atoms with van der Waals surface area (Å²) in [4.78, 5) is 0. The van der Waals surface area contributed by atoms with Crippen LogP contribution in [0.3, 0.4) is 0 Å². The normalized spacial score (nSPS) is 12.9. The minimum atomic E-state index is -2.49. The van der Waals surface area contributed by atoms with Crippen LogP contribution >= 0.6 is 0 Å². The number of ether oxygens (including phenoxy) is 1. The van der Waals surface area contributed by atoms with Crippen molar-refractivity contribution < 1.29 is 18.6 Å². The number of aromatic hydroxyl groups is 1. The van der Waals surface area contributed by atoms with Crippen molar-refractivity contribution in [3.05, 3.63) is 23.8 Å². The number of nitrogens with two attached hydrogens (primary N) is 1. The molecule has 84 valence electrons. The molecule has 1 aromatic carbocycles. The Balaban J connectivity index is 2.91. The van der Waals surface area contributed by atoms with Crippen molar-refractivity contribution in [3.8, 4) is 11.5 Å². The first kappa shape index (κ1) is 11.7. The largest absolute Gasteiger partial charge is 0.508 e. The molecule has 0 aliphatic heterocycles. The van der Waals surface area contributed by atoms with E-state index in [2.05, 4.69) is 0 Å². The zero-order valence-electron chi connectivity index (χ0n) is 8.28. The van der Waals surface area contributed by atoms with Crippen LogP contribution in [0.25, 0.3) is 0 Å². The number of phenols is 1. The fourth-order valence-corrected chi connectivity index (χ4v) is 1.28. The van der Waals surface area contributed by atoms with Gasteiger partial charge in [-0.3, -0.25) is 0 Å². The number of halogens is 2. The van der Waals surface area contributed by atoms with Gasteiger partial charge in [0.25, 0.3) is 0 Å². The average molecular weight is 217 g/mol. The zero-order chi connectivity index (χ0) is 11.4. The first-order valence-corrected chi connectivity index (χ1v) is 4.45. The van der Waals surface area contributed by atoms with E-state index < -0.39 is 18.9 Å². The molecule has 0 spiro atoms. The van der Waals surface area contributed by atoms with Crippen LogP contribution in [0, 0.1) is 0 Å². The van der Waals surface area contributed by atoms with Crippen LogP contribution in [-0.2, 0) is 0 Å². The van der Waals surface area contributed by atoms with Gasteiger partial charge in [0.2, 0.25) is 6.43 Å². The Hall–Kier alpha value is -1.36. The number of hydrogen-bond donors (Lipinski definition) is 2. The lowest BCUT2D eigenvalue weighted by Gasteiger charge is -2.14. The molecule has 1 aromatic rings. The Morgan fingerprint density at radius 1 is 1.47 bits per heavy atom. The fourth-order valence-electron chi connectivity index (χ4n) is 1.28. The monoisotopic (exact) mass is 217 g/mol. The highest BCUT2D eigenvalue weighted by atomic mass is 19.3. The SMILES string of the molecule is COc1ccc(O)c([C@H](N)CC(F)F)c1. The van der Waals surface area contributed by atoms with Crippen molar-refractivity contribution in [1.29, 1.82) is 0 Å². The topological polar surface area (TPSA) is 55.5 Å². The third-order valence-electron chi connectivity index (χ3n) is 2.07. The van der Waals surface area contributed by atoms with Crippen LogP contribution in [0.15, 0.2) is 18.2 Å². The molecule has 0 aliphatic carbocycles. The van der Waals surface area contributed by atoms with E-state index in [1.807, 2.05) is 0 Å². The van der Waals surface area contributed by atoms with E-state index >= 15 is 0 Å². The standard InChI is InChI=1S/C10H13F2NO2/c1-15-6-2-3-9(14)7(4-6)8(13)5-10(11)12/h2-4,8,10,14H,5,13H2,1H3/t8-/m1/s1. The van der Waals surface area contributed by atoms with Gasteiger partial charge < -0.3 is 15.6 Å². The molecule has 0 aromatic heterocycles. The molecule has 1 rings (SSSR count). The van der Waals surface area contributed by atoms with Gasteiger partial charge in [0, 0.05) is 18.0 Å². The minimum absolute atomic E-state index is 0.0936. The predicted molar refractivity (Wildman–Crippen MR) is 52.2 cm³/mol. The maximum Gasteiger partial charge on any atom is 0.240 e. The Kier molecular flexibility index (Phi) is 3.85. The molecule has 0 fully saturated rings. The van der Waals surface area contributed by atoms with Gasteiger partial charge in [-0.05, 0) is 18.2 Å². The molecule has 3 N–H and O–H groups in total.